The predicted octanol–water partition coefficient (Wildman–Crippen LogP) is 0.405. The van der Waals surface area contributed by atoms with E-state index in [0.29, 0.717) is 10.8 Å². The third kappa shape index (κ3) is 2.59. The zero-order valence-corrected chi connectivity index (χ0v) is 10.3. The molecule has 3 N–H and O–H groups in total. The smallest absolute Gasteiger partial charge is 0.318 e. The van der Waals surface area contributed by atoms with Gasteiger partial charge in [-0.05, 0) is 19.1 Å². The molecule has 2 rings (SSSR count). The lowest BCUT2D eigenvalue weighted by Gasteiger charge is -2.08. The summed E-state index contributed by atoms with van der Waals surface area (Å²) in [6, 6.07) is 4.64. The monoisotopic (exact) mass is 265 g/mol. The van der Waals surface area contributed by atoms with Gasteiger partial charge in [0.05, 0.1) is 5.25 Å². The summed E-state index contributed by atoms with van der Waals surface area (Å²) in [5.41, 5.74) is 5.58. The lowest BCUT2D eigenvalue weighted by molar-refractivity contribution is -0.119. The number of nitrogens with zero attached hydrogens (tertiary/aromatic N) is 3. The van der Waals surface area contributed by atoms with E-state index in [9.17, 15) is 9.59 Å². The SMILES string of the molecule is C[C@H](Sc1nnc2ccccn12)C(=O)NC(N)=O. The zero-order chi connectivity index (χ0) is 13.1. The van der Waals surface area contributed by atoms with Crippen LogP contribution in [0.4, 0.5) is 4.79 Å². The Labute approximate surface area is 107 Å². The molecule has 0 fully saturated rings. The van der Waals surface area contributed by atoms with Crippen molar-refractivity contribution in [3.8, 4) is 0 Å². The van der Waals surface area contributed by atoms with Crippen molar-refractivity contribution in [3.63, 3.8) is 0 Å². The van der Waals surface area contributed by atoms with Crippen molar-refractivity contribution >= 4 is 29.3 Å². The first-order valence-corrected chi connectivity index (χ1v) is 6.02. The van der Waals surface area contributed by atoms with Gasteiger partial charge < -0.3 is 5.73 Å². The molecular weight excluding hydrogens is 254 g/mol. The van der Waals surface area contributed by atoms with E-state index >= 15 is 0 Å². The van der Waals surface area contributed by atoms with Crippen LogP contribution >= 0.6 is 11.8 Å². The van der Waals surface area contributed by atoms with Gasteiger partial charge in [0.25, 0.3) is 0 Å². The number of fused-ring (bicyclic) bond motifs is 1. The minimum absolute atomic E-state index is 0.458. The molecule has 0 spiro atoms. The van der Waals surface area contributed by atoms with Crippen LogP contribution in [0.25, 0.3) is 5.65 Å². The molecule has 0 bridgehead atoms. The van der Waals surface area contributed by atoms with Gasteiger partial charge in [-0.25, -0.2) is 4.79 Å². The number of aromatic nitrogens is 3. The fraction of sp³-hybridized carbons (Fsp3) is 0.200. The Hall–Kier alpha value is -2.09. The van der Waals surface area contributed by atoms with Gasteiger partial charge in [-0.1, -0.05) is 17.8 Å². The molecule has 8 heteroatoms. The number of hydrogen-bond donors (Lipinski definition) is 2. The molecule has 0 saturated carbocycles. The minimum Gasteiger partial charge on any atom is -0.351 e. The fourth-order valence-electron chi connectivity index (χ4n) is 1.33. The lowest BCUT2D eigenvalue weighted by atomic mass is 10.4. The van der Waals surface area contributed by atoms with Crippen LogP contribution in [0.1, 0.15) is 6.92 Å². The van der Waals surface area contributed by atoms with E-state index in [2.05, 4.69) is 10.2 Å². The highest BCUT2D eigenvalue weighted by atomic mass is 32.2. The molecule has 94 valence electrons. The maximum Gasteiger partial charge on any atom is 0.318 e. The van der Waals surface area contributed by atoms with Crippen molar-refractivity contribution in [1.82, 2.24) is 19.9 Å². The second-order valence-corrected chi connectivity index (χ2v) is 4.83. The highest BCUT2D eigenvalue weighted by Crippen LogP contribution is 2.21. The minimum atomic E-state index is -0.862. The molecule has 0 aliphatic rings. The van der Waals surface area contributed by atoms with Crippen LogP contribution in [-0.4, -0.2) is 31.8 Å². The standard InChI is InChI=1S/C10H11N5O2S/c1-6(8(16)12-9(11)17)18-10-14-13-7-4-2-3-5-15(7)10/h2-6H,1H3,(H3,11,12,16,17)/t6-/m0/s1. The van der Waals surface area contributed by atoms with Crippen LogP contribution in [-0.2, 0) is 4.79 Å². The summed E-state index contributed by atoms with van der Waals surface area (Å²) in [6.45, 7) is 1.66. The predicted molar refractivity (Wildman–Crippen MR) is 66.0 cm³/mol. The van der Waals surface area contributed by atoms with Crippen molar-refractivity contribution in [2.24, 2.45) is 5.73 Å². The van der Waals surface area contributed by atoms with E-state index < -0.39 is 17.2 Å². The summed E-state index contributed by atoms with van der Waals surface area (Å²) in [5, 5.41) is 10.0. The molecule has 2 aromatic rings. The Morgan fingerprint density at radius 2 is 2.22 bits per heavy atom. The number of nitrogens with two attached hydrogens (primary N) is 1. The molecule has 2 heterocycles. The molecule has 7 nitrogen and oxygen atoms in total. The number of carbonyl (C=O) groups is 2. The molecule has 0 saturated heterocycles. The number of nitrogens with one attached hydrogen (secondary N) is 1. The second-order valence-electron chi connectivity index (χ2n) is 3.52. The number of hydrogen-bond acceptors (Lipinski definition) is 5. The fourth-order valence-corrected chi connectivity index (χ4v) is 2.17. The Kier molecular flexibility index (Phi) is 3.47. The van der Waals surface area contributed by atoms with Crippen LogP contribution in [0.3, 0.4) is 0 Å². The highest BCUT2D eigenvalue weighted by molar-refractivity contribution is 8.00. The van der Waals surface area contributed by atoms with Gasteiger partial charge in [0.1, 0.15) is 0 Å². The molecule has 1 atom stereocenters. The number of pyridine rings is 1. The first-order valence-electron chi connectivity index (χ1n) is 5.14. The molecular formula is C10H11N5O2S. The maximum absolute atomic E-state index is 11.5. The van der Waals surface area contributed by atoms with Crippen molar-refractivity contribution in [1.29, 1.82) is 0 Å². The lowest BCUT2D eigenvalue weighted by Crippen LogP contribution is -2.39. The third-order valence-corrected chi connectivity index (χ3v) is 3.24. The Morgan fingerprint density at radius 1 is 1.44 bits per heavy atom. The molecule has 3 amide bonds. The number of rotatable bonds is 3. The van der Waals surface area contributed by atoms with Gasteiger partial charge in [-0.2, -0.15) is 0 Å². The molecule has 0 aliphatic heterocycles. The Morgan fingerprint density at radius 3 is 2.94 bits per heavy atom. The summed E-state index contributed by atoms with van der Waals surface area (Å²) >= 11 is 1.20. The van der Waals surface area contributed by atoms with Crippen molar-refractivity contribution in [2.45, 2.75) is 17.3 Å². The van der Waals surface area contributed by atoms with Crippen molar-refractivity contribution < 1.29 is 9.59 Å². The number of thioether (sulfide) groups is 1. The average molecular weight is 265 g/mol. The first kappa shape index (κ1) is 12.4. The maximum atomic E-state index is 11.5. The number of primary amides is 1. The van der Waals surface area contributed by atoms with Crippen LogP contribution < -0.4 is 11.1 Å². The van der Waals surface area contributed by atoms with Crippen LogP contribution in [0.2, 0.25) is 0 Å². The quantitative estimate of drug-likeness (QED) is 0.782. The molecule has 0 aliphatic carbocycles. The first-order chi connectivity index (χ1) is 8.58. The molecule has 2 aromatic heterocycles. The normalized spacial score (nSPS) is 12.3. The molecule has 0 unspecified atom stereocenters. The van der Waals surface area contributed by atoms with Crippen molar-refractivity contribution in [2.75, 3.05) is 0 Å². The second kappa shape index (κ2) is 5.05. The summed E-state index contributed by atoms with van der Waals surface area (Å²) < 4.78 is 1.76. The number of amides is 3. The highest BCUT2D eigenvalue weighted by Gasteiger charge is 2.18. The third-order valence-electron chi connectivity index (χ3n) is 2.18. The van der Waals surface area contributed by atoms with Gasteiger partial charge in [0.2, 0.25) is 5.91 Å². The van der Waals surface area contributed by atoms with Gasteiger partial charge in [0.15, 0.2) is 10.8 Å². The van der Waals surface area contributed by atoms with Gasteiger partial charge >= 0.3 is 6.03 Å². The largest absolute Gasteiger partial charge is 0.351 e. The van der Waals surface area contributed by atoms with Crippen molar-refractivity contribution in [3.05, 3.63) is 24.4 Å². The van der Waals surface area contributed by atoms with E-state index in [0.717, 1.165) is 0 Å². The van der Waals surface area contributed by atoms with Gasteiger partial charge in [-0.3, -0.25) is 14.5 Å². The number of imide groups is 1. The van der Waals surface area contributed by atoms with Gasteiger partial charge in [-0.15, -0.1) is 10.2 Å². The molecule has 0 aromatic carbocycles. The molecule has 18 heavy (non-hydrogen) atoms. The average Bonchev–Trinajstić information content (AvgIpc) is 2.72. The summed E-state index contributed by atoms with van der Waals surface area (Å²) in [6.07, 6.45) is 1.80. The van der Waals surface area contributed by atoms with E-state index in [1.165, 1.54) is 11.8 Å². The zero-order valence-electron chi connectivity index (χ0n) is 9.53. The van der Waals surface area contributed by atoms with Gasteiger partial charge in [0, 0.05) is 6.20 Å². The summed E-state index contributed by atoms with van der Waals surface area (Å²) in [5.74, 6) is -0.458. The van der Waals surface area contributed by atoms with E-state index in [-0.39, 0.29) is 0 Å². The number of carbonyl (C=O) groups excluding carboxylic acids is 2. The number of urea groups is 1. The summed E-state index contributed by atoms with van der Waals surface area (Å²) in [7, 11) is 0. The Balaban J connectivity index is 2.14. The van der Waals surface area contributed by atoms with Crippen LogP contribution in [0.5, 0.6) is 0 Å². The van der Waals surface area contributed by atoms with E-state index in [1.807, 2.05) is 23.5 Å². The van der Waals surface area contributed by atoms with Crippen LogP contribution in [0.15, 0.2) is 29.6 Å². The van der Waals surface area contributed by atoms with E-state index in [1.54, 1.807) is 17.5 Å². The molecule has 0 radical (unpaired) electrons. The summed E-state index contributed by atoms with van der Waals surface area (Å²) in [4.78, 5) is 22.1. The Bertz CT molecular complexity index is 597. The topological polar surface area (TPSA) is 102 Å². The van der Waals surface area contributed by atoms with Crippen LogP contribution in [0, 0.1) is 0 Å². The van der Waals surface area contributed by atoms with E-state index in [4.69, 9.17) is 5.73 Å².